The van der Waals surface area contributed by atoms with Gasteiger partial charge in [0.05, 0.1) is 12.1 Å². The molecule has 0 saturated carbocycles. The molecule has 1 unspecified atom stereocenters. The van der Waals surface area contributed by atoms with Gasteiger partial charge in [0.15, 0.2) is 17.3 Å². The number of aromatic nitrogens is 5. The summed E-state index contributed by atoms with van der Waals surface area (Å²) in [6, 6.07) is 13.5. The van der Waals surface area contributed by atoms with E-state index in [9.17, 15) is 4.79 Å². The number of ether oxygens (including phenoxy) is 2. The number of nitrogens with one attached hydrogen (secondary N) is 1. The quantitative estimate of drug-likeness (QED) is 0.469. The standard InChI is InChI=1S/C25H27N7O3/c1-16-4-3-5-18-13-19(25(33)26-22(16)18)23(31-10-8-30(2)9-11-31)24-27-28-29-32(24)14-17-6-7-20-21(12-17)35-15-34-20/h3-7,12-13,23H,8-11,14-15H2,1-2H3,(H,26,33). The Hall–Kier alpha value is -3.76. The van der Waals surface area contributed by atoms with Crippen LogP contribution in [0.5, 0.6) is 11.5 Å². The summed E-state index contributed by atoms with van der Waals surface area (Å²) in [5.41, 5.74) is 3.42. The van der Waals surface area contributed by atoms with Crippen molar-refractivity contribution in [2.45, 2.75) is 19.5 Å². The van der Waals surface area contributed by atoms with Crippen LogP contribution in [-0.2, 0) is 6.54 Å². The fourth-order valence-electron chi connectivity index (χ4n) is 4.91. The normalized spacial score (nSPS) is 17.2. The monoisotopic (exact) mass is 473 g/mol. The summed E-state index contributed by atoms with van der Waals surface area (Å²) in [5, 5.41) is 13.7. The van der Waals surface area contributed by atoms with Gasteiger partial charge in [-0.05, 0) is 59.1 Å². The summed E-state index contributed by atoms with van der Waals surface area (Å²) in [7, 11) is 2.11. The van der Waals surface area contributed by atoms with Crippen molar-refractivity contribution in [3.05, 3.63) is 75.3 Å². The number of nitrogens with zero attached hydrogens (tertiary/aromatic N) is 6. The molecule has 4 aromatic rings. The zero-order chi connectivity index (χ0) is 23.9. The minimum atomic E-state index is -0.374. The summed E-state index contributed by atoms with van der Waals surface area (Å²) < 4.78 is 12.7. The first kappa shape index (κ1) is 21.8. The minimum Gasteiger partial charge on any atom is -0.454 e. The highest BCUT2D eigenvalue weighted by Gasteiger charge is 2.32. The van der Waals surface area contributed by atoms with E-state index in [-0.39, 0.29) is 18.4 Å². The number of para-hydroxylation sites is 1. The van der Waals surface area contributed by atoms with Crippen LogP contribution in [0.2, 0.25) is 0 Å². The lowest BCUT2D eigenvalue weighted by Crippen LogP contribution is -2.47. The molecule has 2 aromatic carbocycles. The molecule has 2 aliphatic heterocycles. The van der Waals surface area contributed by atoms with Crippen LogP contribution in [0.15, 0.2) is 47.3 Å². The smallest absolute Gasteiger partial charge is 0.253 e. The molecule has 0 amide bonds. The lowest BCUT2D eigenvalue weighted by Gasteiger charge is -2.37. The lowest BCUT2D eigenvalue weighted by atomic mass is 10.0. The Morgan fingerprint density at radius 2 is 1.89 bits per heavy atom. The fourth-order valence-corrected chi connectivity index (χ4v) is 4.91. The van der Waals surface area contributed by atoms with Gasteiger partial charge in [-0.15, -0.1) is 5.10 Å². The topological polar surface area (TPSA) is 101 Å². The molecule has 0 bridgehead atoms. The number of tetrazole rings is 1. The first-order valence-electron chi connectivity index (χ1n) is 11.8. The number of aromatic amines is 1. The van der Waals surface area contributed by atoms with Gasteiger partial charge in [0.1, 0.15) is 6.04 Å². The summed E-state index contributed by atoms with van der Waals surface area (Å²) >= 11 is 0. The average molecular weight is 474 g/mol. The second-order valence-corrected chi connectivity index (χ2v) is 9.22. The third kappa shape index (κ3) is 4.04. The Morgan fingerprint density at radius 3 is 2.74 bits per heavy atom. The van der Waals surface area contributed by atoms with Gasteiger partial charge in [0, 0.05) is 31.7 Å². The molecular formula is C25H27N7O3. The third-order valence-corrected chi connectivity index (χ3v) is 6.89. The molecule has 35 heavy (non-hydrogen) atoms. The van der Waals surface area contributed by atoms with E-state index < -0.39 is 0 Å². The van der Waals surface area contributed by atoms with E-state index in [1.165, 1.54) is 0 Å². The fraction of sp³-hybridized carbons (Fsp3) is 0.360. The zero-order valence-corrected chi connectivity index (χ0v) is 19.8. The number of pyridine rings is 1. The largest absolute Gasteiger partial charge is 0.454 e. The van der Waals surface area contributed by atoms with Gasteiger partial charge in [-0.1, -0.05) is 24.3 Å². The minimum absolute atomic E-state index is 0.117. The number of hydrogen-bond donors (Lipinski definition) is 1. The van der Waals surface area contributed by atoms with Crippen molar-refractivity contribution < 1.29 is 9.47 Å². The molecule has 1 fully saturated rings. The zero-order valence-electron chi connectivity index (χ0n) is 19.8. The van der Waals surface area contributed by atoms with E-state index in [4.69, 9.17) is 9.47 Å². The highest BCUT2D eigenvalue weighted by Crippen LogP contribution is 2.33. The number of benzene rings is 2. The van der Waals surface area contributed by atoms with Crippen LogP contribution in [0, 0.1) is 6.92 Å². The van der Waals surface area contributed by atoms with Crippen LogP contribution < -0.4 is 15.0 Å². The Labute approximate surface area is 202 Å². The van der Waals surface area contributed by atoms with Crippen molar-refractivity contribution >= 4 is 10.9 Å². The van der Waals surface area contributed by atoms with E-state index >= 15 is 0 Å². The number of H-pyrrole nitrogens is 1. The molecule has 10 heteroatoms. The molecule has 2 aliphatic rings. The van der Waals surface area contributed by atoms with Crippen LogP contribution in [0.3, 0.4) is 0 Å². The molecule has 0 radical (unpaired) electrons. The van der Waals surface area contributed by atoms with Gasteiger partial charge < -0.3 is 19.4 Å². The summed E-state index contributed by atoms with van der Waals surface area (Å²) in [5.74, 6) is 2.10. The molecular weight excluding hydrogens is 446 g/mol. The first-order valence-corrected chi connectivity index (χ1v) is 11.8. The van der Waals surface area contributed by atoms with Crippen molar-refractivity contribution in [2.75, 3.05) is 40.0 Å². The van der Waals surface area contributed by atoms with Crippen LogP contribution in [-0.4, -0.2) is 75.0 Å². The molecule has 4 heterocycles. The predicted octanol–water partition coefficient (Wildman–Crippen LogP) is 1.94. The number of hydrogen-bond acceptors (Lipinski definition) is 8. The second kappa shape index (κ2) is 8.79. The molecule has 1 N–H and O–H groups in total. The Bertz CT molecular complexity index is 1440. The molecule has 1 saturated heterocycles. The molecule has 0 aliphatic carbocycles. The molecule has 2 aromatic heterocycles. The molecule has 10 nitrogen and oxygen atoms in total. The van der Waals surface area contributed by atoms with Gasteiger partial charge in [0.2, 0.25) is 6.79 Å². The highest BCUT2D eigenvalue weighted by molar-refractivity contribution is 5.82. The van der Waals surface area contributed by atoms with E-state index in [1.54, 1.807) is 4.68 Å². The molecule has 1 atom stereocenters. The van der Waals surface area contributed by atoms with Gasteiger partial charge in [0.25, 0.3) is 5.56 Å². The maximum atomic E-state index is 13.4. The third-order valence-electron chi connectivity index (χ3n) is 6.89. The van der Waals surface area contributed by atoms with Gasteiger partial charge in [-0.2, -0.15) is 0 Å². The van der Waals surface area contributed by atoms with Gasteiger partial charge in [-0.25, -0.2) is 4.68 Å². The summed E-state index contributed by atoms with van der Waals surface area (Å²) in [6.45, 7) is 6.11. The predicted molar refractivity (Wildman–Crippen MR) is 130 cm³/mol. The van der Waals surface area contributed by atoms with Crippen molar-refractivity contribution in [3.63, 3.8) is 0 Å². The number of likely N-dealkylation sites (N-methyl/N-ethyl adjacent to an activating group) is 1. The summed E-state index contributed by atoms with van der Waals surface area (Å²) in [6.07, 6.45) is 0. The summed E-state index contributed by atoms with van der Waals surface area (Å²) in [4.78, 5) is 21.1. The Balaban J connectivity index is 1.43. The van der Waals surface area contributed by atoms with Crippen LogP contribution >= 0.6 is 0 Å². The highest BCUT2D eigenvalue weighted by atomic mass is 16.7. The number of aryl methyl sites for hydroxylation is 1. The number of fused-ring (bicyclic) bond motifs is 2. The Kier molecular flexibility index (Phi) is 5.46. The molecule has 0 spiro atoms. The lowest BCUT2D eigenvalue weighted by molar-refractivity contribution is 0.121. The van der Waals surface area contributed by atoms with Crippen LogP contribution in [0.4, 0.5) is 0 Å². The second-order valence-electron chi connectivity index (χ2n) is 9.22. The van der Waals surface area contributed by atoms with Crippen molar-refractivity contribution in [1.29, 1.82) is 0 Å². The molecule has 180 valence electrons. The van der Waals surface area contributed by atoms with Crippen molar-refractivity contribution in [2.24, 2.45) is 0 Å². The van der Waals surface area contributed by atoms with Crippen molar-refractivity contribution in [3.8, 4) is 11.5 Å². The van der Waals surface area contributed by atoms with Crippen molar-refractivity contribution in [1.82, 2.24) is 35.0 Å². The Morgan fingerprint density at radius 1 is 1.06 bits per heavy atom. The van der Waals surface area contributed by atoms with Crippen LogP contribution in [0.1, 0.15) is 28.6 Å². The molecule has 6 rings (SSSR count). The first-order chi connectivity index (χ1) is 17.1. The number of rotatable bonds is 5. The average Bonchev–Trinajstić information content (AvgIpc) is 3.51. The van der Waals surface area contributed by atoms with Gasteiger partial charge in [-0.3, -0.25) is 9.69 Å². The maximum absolute atomic E-state index is 13.4. The van der Waals surface area contributed by atoms with E-state index in [0.29, 0.717) is 23.7 Å². The van der Waals surface area contributed by atoms with Crippen LogP contribution in [0.25, 0.3) is 10.9 Å². The van der Waals surface area contributed by atoms with E-state index in [0.717, 1.165) is 54.0 Å². The van der Waals surface area contributed by atoms with E-state index in [2.05, 4.69) is 37.4 Å². The number of piperazine rings is 1. The van der Waals surface area contributed by atoms with E-state index in [1.807, 2.05) is 49.4 Å². The van der Waals surface area contributed by atoms with Gasteiger partial charge >= 0.3 is 0 Å². The SMILES string of the molecule is Cc1cccc2cc(C(c3nnnn3Cc3ccc4c(c3)OCO4)N3CCN(C)CC3)c(=O)[nH]c12. The maximum Gasteiger partial charge on any atom is 0.253 e.